The van der Waals surface area contributed by atoms with Gasteiger partial charge in [0, 0.05) is 17.5 Å². The molecule has 2 aromatic carbocycles. The molecule has 1 aliphatic heterocycles. The molecule has 0 saturated carbocycles. The topological polar surface area (TPSA) is 54.0 Å². The Hall–Kier alpha value is -2.69. The number of carbonyl (C=O) groups excluding carboxylic acids is 1. The van der Waals surface area contributed by atoms with Gasteiger partial charge in [-0.1, -0.05) is 24.3 Å². The summed E-state index contributed by atoms with van der Waals surface area (Å²) in [5.41, 5.74) is 2.99. The van der Waals surface area contributed by atoms with E-state index in [1.54, 1.807) is 20.3 Å². The molecular weight excluding hydrogens is 308 g/mol. The van der Waals surface area contributed by atoms with Crippen LogP contribution in [0.4, 0.5) is 0 Å². The van der Waals surface area contributed by atoms with Gasteiger partial charge in [0.1, 0.15) is 5.75 Å². The lowest BCUT2D eigenvalue weighted by Gasteiger charge is -2.29. The normalized spacial score (nSPS) is 16.2. The lowest BCUT2D eigenvalue weighted by molar-refractivity contribution is -0.135. The lowest BCUT2D eigenvalue weighted by atomic mass is 9.83. The van der Waals surface area contributed by atoms with Gasteiger partial charge >= 0.3 is 5.97 Å². The molecule has 0 amide bonds. The maximum Gasteiger partial charge on any atom is 0.312 e. The molecule has 5 heteroatoms. The van der Waals surface area contributed by atoms with E-state index in [1.807, 2.05) is 31.2 Å². The summed E-state index contributed by atoms with van der Waals surface area (Å²) < 4.78 is 21.9. The minimum atomic E-state index is -0.273. The van der Waals surface area contributed by atoms with Crippen LogP contribution in [0.3, 0.4) is 0 Å². The maximum atomic E-state index is 12.1. The third kappa shape index (κ3) is 2.56. The second-order valence-corrected chi connectivity index (χ2v) is 5.64. The first kappa shape index (κ1) is 16.2. The Labute approximate surface area is 141 Å². The molecule has 0 aliphatic carbocycles. The van der Waals surface area contributed by atoms with Gasteiger partial charge in [0.2, 0.25) is 5.75 Å². The molecule has 24 heavy (non-hydrogen) atoms. The number of hydrogen-bond donors (Lipinski definition) is 0. The zero-order valence-corrected chi connectivity index (χ0v) is 14.2. The van der Waals surface area contributed by atoms with Crippen molar-refractivity contribution in [2.24, 2.45) is 0 Å². The van der Waals surface area contributed by atoms with Crippen LogP contribution in [0.5, 0.6) is 23.0 Å². The molecule has 0 bridgehead atoms. The summed E-state index contributed by atoms with van der Waals surface area (Å²) in [6.45, 7) is 2.03. The van der Waals surface area contributed by atoms with Crippen LogP contribution < -0.4 is 18.9 Å². The Morgan fingerprint density at radius 3 is 2.38 bits per heavy atom. The second-order valence-electron chi connectivity index (χ2n) is 5.64. The summed E-state index contributed by atoms with van der Waals surface area (Å²) in [7, 11) is 4.67. The fraction of sp³-hybridized carbons (Fsp3) is 0.316. The molecule has 2 aromatic rings. The van der Waals surface area contributed by atoms with Crippen molar-refractivity contribution in [3.63, 3.8) is 0 Å². The van der Waals surface area contributed by atoms with E-state index in [2.05, 4.69) is 0 Å². The Bertz CT molecular complexity index is 782. The zero-order chi connectivity index (χ0) is 17.3. The van der Waals surface area contributed by atoms with Gasteiger partial charge in [0.15, 0.2) is 11.5 Å². The monoisotopic (exact) mass is 328 g/mol. The SMILES string of the molecule is COc1cc2c(c(OC)c1OC)C(c1ccccc1C)CC(=O)O2. The Kier molecular flexibility index (Phi) is 4.34. The third-order valence-electron chi connectivity index (χ3n) is 4.34. The molecule has 1 aliphatic rings. The van der Waals surface area contributed by atoms with Crippen LogP contribution in [-0.2, 0) is 4.79 Å². The number of methoxy groups -OCH3 is 3. The second kappa shape index (κ2) is 6.43. The highest BCUT2D eigenvalue weighted by Crippen LogP contribution is 2.52. The molecule has 0 N–H and O–H groups in total. The molecule has 1 atom stereocenters. The average Bonchev–Trinajstić information content (AvgIpc) is 2.59. The Morgan fingerprint density at radius 1 is 1.04 bits per heavy atom. The van der Waals surface area contributed by atoms with Crippen LogP contribution in [-0.4, -0.2) is 27.3 Å². The summed E-state index contributed by atoms with van der Waals surface area (Å²) >= 11 is 0. The molecule has 0 radical (unpaired) electrons. The number of ether oxygens (including phenoxy) is 4. The first-order valence-electron chi connectivity index (χ1n) is 7.69. The van der Waals surface area contributed by atoms with Gasteiger partial charge in [-0.05, 0) is 18.1 Å². The van der Waals surface area contributed by atoms with E-state index in [0.717, 1.165) is 16.7 Å². The quantitative estimate of drug-likeness (QED) is 0.635. The molecule has 0 aromatic heterocycles. The van der Waals surface area contributed by atoms with Crippen molar-refractivity contribution in [3.05, 3.63) is 47.0 Å². The minimum Gasteiger partial charge on any atom is -0.493 e. The highest BCUT2D eigenvalue weighted by molar-refractivity contribution is 5.80. The number of rotatable bonds is 4. The van der Waals surface area contributed by atoms with Gasteiger partial charge in [-0.25, -0.2) is 0 Å². The average molecular weight is 328 g/mol. The van der Waals surface area contributed by atoms with Gasteiger partial charge in [-0.3, -0.25) is 4.79 Å². The van der Waals surface area contributed by atoms with E-state index in [9.17, 15) is 4.79 Å². The third-order valence-corrected chi connectivity index (χ3v) is 4.34. The van der Waals surface area contributed by atoms with Gasteiger partial charge in [0.05, 0.1) is 27.8 Å². The molecular formula is C19H20O5. The Balaban J connectivity index is 2.28. The lowest BCUT2D eigenvalue weighted by Crippen LogP contribution is -2.22. The number of hydrogen-bond acceptors (Lipinski definition) is 5. The van der Waals surface area contributed by atoms with Crippen molar-refractivity contribution in [1.29, 1.82) is 0 Å². The van der Waals surface area contributed by atoms with Gasteiger partial charge in [-0.2, -0.15) is 0 Å². The van der Waals surface area contributed by atoms with Crippen molar-refractivity contribution < 1.29 is 23.7 Å². The van der Waals surface area contributed by atoms with Crippen molar-refractivity contribution in [2.75, 3.05) is 21.3 Å². The van der Waals surface area contributed by atoms with Crippen molar-refractivity contribution in [3.8, 4) is 23.0 Å². The molecule has 0 spiro atoms. The van der Waals surface area contributed by atoms with Crippen LogP contribution in [0.1, 0.15) is 29.0 Å². The van der Waals surface area contributed by atoms with Crippen LogP contribution in [0.15, 0.2) is 30.3 Å². The van der Waals surface area contributed by atoms with E-state index in [4.69, 9.17) is 18.9 Å². The summed E-state index contributed by atoms with van der Waals surface area (Å²) in [5, 5.41) is 0. The van der Waals surface area contributed by atoms with Crippen molar-refractivity contribution in [2.45, 2.75) is 19.3 Å². The van der Waals surface area contributed by atoms with E-state index >= 15 is 0 Å². The molecule has 1 unspecified atom stereocenters. The molecule has 5 nitrogen and oxygen atoms in total. The van der Waals surface area contributed by atoms with Gasteiger partial charge < -0.3 is 18.9 Å². The summed E-state index contributed by atoms with van der Waals surface area (Å²) in [5.74, 6) is 1.52. The smallest absolute Gasteiger partial charge is 0.312 e. The first-order valence-corrected chi connectivity index (χ1v) is 7.69. The first-order chi connectivity index (χ1) is 11.6. The van der Waals surface area contributed by atoms with E-state index in [-0.39, 0.29) is 18.3 Å². The predicted molar refractivity (Wildman–Crippen MR) is 89.4 cm³/mol. The minimum absolute atomic E-state index is 0.155. The van der Waals surface area contributed by atoms with Crippen LogP contribution in [0.2, 0.25) is 0 Å². The number of benzene rings is 2. The standard InChI is InChI=1S/C19H20O5/c1-11-7-5-6-8-12(11)13-9-16(20)24-14-10-15(21-2)18(22-3)19(23-4)17(13)14/h5-8,10,13H,9H2,1-4H3. The van der Waals surface area contributed by atoms with Crippen LogP contribution in [0.25, 0.3) is 0 Å². The fourth-order valence-electron chi connectivity index (χ4n) is 3.25. The largest absolute Gasteiger partial charge is 0.493 e. The van der Waals surface area contributed by atoms with E-state index in [1.165, 1.54) is 7.11 Å². The molecule has 126 valence electrons. The number of esters is 1. The van der Waals surface area contributed by atoms with E-state index < -0.39 is 0 Å². The highest BCUT2D eigenvalue weighted by atomic mass is 16.5. The van der Waals surface area contributed by atoms with Crippen molar-refractivity contribution >= 4 is 5.97 Å². The number of aryl methyl sites for hydroxylation is 1. The van der Waals surface area contributed by atoms with E-state index in [0.29, 0.717) is 23.0 Å². The number of carbonyl (C=O) groups is 1. The summed E-state index contributed by atoms with van der Waals surface area (Å²) in [4.78, 5) is 12.1. The predicted octanol–water partition coefficient (Wildman–Crippen LogP) is 3.46. The van der Waals surface area contributed by atoms with Crippen molar-refractivity contribution in [1.82, 2.24) is 0 Å². The highest BCUT2D eigenvalue weighted by Gasteiger charge is 2.35. The molecule has 0 fully saturated rings. The van der Waals surface area contributed by atoms with Crippen LogP contribution in [0, 0.1) is 6.92 Å². The zero-order valence-electron chi connectivity index (χ0n) is 14.2. The van der Waals surface area contributed by atoms with Crippen LogP contribution >= 0.6 is 0 Å². The molecule has 1 heterocycles. The van der Waals surface area contributed by atoms with Gasteiger partial charge in [0.25, 0.3) is 0 Å². The molecule has 0 saturated heterocycles. The van der Waals surface area contributed by atoms with Gasteiger partial charge in [-0.15, -0.1) is 0 Å². The number of fused-ring (bicyclic) bond motifs is 1. The fourth-order valence-corrected chi connectivity index (χ4v) is 3.25. The maximum absolute atomic E-state index is 12.1. The molecule has 3 rings (SSSR count). The summed E-state index contributed by atoms with van der Waals surface area (Å²) in [6, 6.07) is 9.68. The summed E-state index contributed by atoms with van der Waals surface area (Å²) in [6.07, 6.45) is 0.254. The Morgan fingerprint density at radius 2 is 1.75 bits per heavy atom.